The summed E-state index contributed by atoms with van der Waals surface area (Å²) in [4.78, 5) is 10.4. The molecule has 0 unspecified atom stereocenters. The summed E-state index contributed by atoms with van der Waals surface area (Å²) in [5, 5.41) is 8.56. The zero-order valence-corrected chi connectivity index (χ0v) is 6.31. The number of benzene rings is 1. The summed E-state index contributed by atoms with van der Waals surface area (Å²) in [6.07, 6.45) is -0.865. The molecule has 1 saturated heterocycles. The lowest BCUT2D eigenvalue weighted by molar-refractivity contribution is -0.138. The number of rotatable bonds is 2. The molecule has 0 aliphatic carbocycles. The van der Waals surface area contributed by atoms with Crippen LogP contribution in [0.3, 0.4) is 0 Å². The van der Waals surface area contributed by atoms with E-state index in [4.69, 9.17) is 9.84 Å². The van der Waals surface area contributed by atoms with Crippen molar-refractivity contribution in [2.24, 2.45) is 0 Å². The van der Waals surface area contributed by atoms with Crippen LogP contribution in [0, 0.1) is 0 Å². The summed E-state index contributed by atoms with van der Waals surface area (Å²) < 4.78 is 4.96. The first-order chi connectivity index (χ1) is 5.79. The number of carboxylic acids is 1. The second kappa shape index (κ2) is 2.60. The highest BCUT2D eigenvalue weighted by molar-refractivity contribution is 5.76. The molecule has 2 atom stereocenters. The maximum atomic E-state index is 10.4. The van der Waals surface area contributed by atoms with Crippen LogP contribution in [-0.2, 0) is 9.53 Å². The minimum Gasteiger partial charge on any atom is -0.479 e. The average molecular weight is 164 g/mol. The third kappa shape index (κ3) is 1.19. The molecule has 1 aliphatic heterocycles. The Morgan fingerprint density at radius 1 is 1.33 bits per heavy atom. The molecule has 1 aromatic carbocycles. The molecule has 1 N–H and O–H groups in total. The van der Waals surface area contributed by atoms with Crippen molar-refractivity contribution in [1.29, 1.82) is 0 Å². The van der Waals surface area contributed by atoms with Crippen molar-refractivity contribution in [2.45, 2.75) is 12.2 Å². The molecule has 1 aromatic rings. The minimum atomic E-state index is -0.885. The molecule has 62 valence electrons. The maximum absolute atomic E-state index is 10.4. The zero-order chi connectivity index (χ0) is 8.55. The van der Waals surface area contributed by atoms with Gasteiger partial charge in [0.05, 0.1) is 0 Å². The molecule has 12 heavy (non-hydrogen) atoms. The zero-order valence-electron chi connectivity index (χ0n) is 6.31. The van der Waals surface area contributed by atoms with Crippen LogP contribution in [0.2, 0.25) is 0 Å². The van der Waals surface area contributed by atoms with E-state index in [0.717, 1.165) is 5.56 Å². The fourth-order valence-electron chi connectivity index (χ4n) is 1.20. The quantitative estimate of drug-likeness (QED) is 0.668. The van der Waals surface area contributed by atoms with Gasteiger partial charge in [-0.05, 0) is 5.56 Å². The van der Waals surface area contributed by atoms with Gasteiger partial charge in [0, 0.05) is 0 Å². The molecule has 0 spiro atoms. The fourth-order valence-corrected chi connectivity index (χ4v) is 1.20. The molecule has 0 amide bonds. The summed E-state index contributed by atoms with van der Waals surface area (Å²) in [5.74, 6) is -0.885. The highest BCUT2D eigenvalue weighted by atomic mass is 16.6. The summed E-state index contributed by atoms with van der Waals surface area (Å²) in [7, 11) is 0. The van der Waals surface area contributed by atoms with Crippen molar-refractivity contribution >= 4 is 5.97 Å². The van der Waals surface area contributed by atoms with Crippen LogP contribution < -0.4 is 0 Å². The van der Waals surface area contributed by atoms with Crippen molar-refractivity contribution in [3.63, 3.8) is 0 Å². The summed E-state index contributed by atoms with van der Waals surface area (Å²) in [6, 6.07) is 9.37. The fraction of sp³-hybridized carbons (Fsp3) is 0.222. The normalized spacial score (nSPS) is 26.7. The molecule has 0 bridgehead atoms. The van der Waals surface area contributed by atoms with Crippen molar-refractivity contribution in [2.75, 3.05) is 0 Å². The smallest absolute Gasteiger partial charge is 0.335 e. The first-order valence-electron chi connectivity index (χ1n) is 3.72. The van der Waals surface area contributed by atoms with E-state index < -0.39 is 12.1 Å². The topological polar surface area (TPSA) is 49.8 Å². The van der Waals surface area contributed by atoms with Crippen molar-refractivity contribution < 1.29 is 14.6 Å². The van der Waals surface area contributed by atoms with Gasteiger partial charge in [-0.25, -0.2) is 4.79 Å². The first-order valence-corrected chi connectivity index (χ1v) is 3.72. The van der Waals surface area contributed by atoms with Crippen LogP contribution >= 0.6 is 0 Å². The highest BCUT2D eigenvalue weighted by Crippen LogP contribution is 2.38. The molecule has 3 nitrogen and oxygen atoms in total. The van der Waals surface area contributed by atoms with E-state index in [9.17, 15) is 4.79 Å². The Morgan fingerprint density at radius 2 is 2.00 bits per heavy atom. The summed E-state index contributed by atoms with van der Waals surface area (Å²) in [6.45, 7) is 0. The number of hydrogen-bond acceptors (Lipinski definition) is 2. The van der Waals surface area contributed by atoms with E-state index in [2.05, 4.69) is 0 Å². The monoisotopic (exact) mass is 164 g/mol. The molecule has 1 aliphatic rings. The Hall–Kier alpha value is -1.35. The molecule has 0 saturated carbocycles. The van der Waals surface area contributed by atoms with Gasteiger partial charge in [0.25, 0.3) is 0 Å². The standard InChI is InChI=1S/C9H8O3/c10-9(11)8-7(12-8)6-4-2-1-3-5-6/h1-5,7-8H,(H,10,11)/t7-,8-/m0/s1. The van der Waals surface area contributed by atoms with E-state index in [1.165, 1.54) is 0 Å². The first kappa shape index (κ1) is 7.31. The predicted molar refractivity (Wildman–Crippen MR) is 41.7 cm³/mol. The van der Waals surface area contributed by atoms with Gasteiger partial charge in [0.2, 0.25) is 0 Å². The van der Waals surface area contributed by atoms with Gasteiger partial charge in [-0.3, -0.25) is 0 Å². The summed E-state index contributed by atoms with van der Waals surface area (Å²) >= 11 is 0. The molecule has 0 aromatic heterocycles. The molecule has 3 heteroatoms. The van der Waals surface area contributed by atoms with Crippen LogP contribution in [0.4, 0.5) is 0 Å². The Balaban J connectivity index is 2.11. The second-order valence-corrected chi connectivity index (χ2v) is 2.73. The lowest BCUT2D eigenvalue weighted by Gasteiger charge is -1.91. The van der Waals surface area contributed by atoms with Crippen molar-refractivity contribution in [3.05, 3.63) is 35.9 Å². The Bertz CT molecular complexity index is 294. The van der Waals surface area contributed by atoms with Gasteiger partial charge in [0.1, 0.15) is 6.10 Å². The van der Waals surface area contributed by atoms with Gasteiger partial charge < -0.3 is 9.84 Å². The van der Waals surface area contributed by atoms with E-state index >= 15 is 0 Å². The van der Waals surface area contributed by atoms with E-state index in [1.807, 2.05) is 30.3 Å². The molecular formula is C9H8O3. The van der Waals surface area contributed by atoms with Gasteiger partial charge in [-0.15, -0.1) is 0 Å². The number of carbonyl (C=O) groups is 1. The third-order valence-electron chi connectivity index (χ3n) is 1.86. The van der Waals surface area contributed by atoms with Gasteiger partial charge in [-0.2, -0.15) is 0 Å². The Morgan fingerprint density at radius 3 is 2.50 bits per heavy atom. The predicted octanol–water partition coefficient (Wildman–Crippen LogP) is 1.21. The number of hydrogen-bond donors (Lipinski definition) is 1. The molecule has 0 radical (unpaired) electrons. The average Bonchev–Trinajstić information content (AvgIpc) is 2.84. The number of ether oxygens (including phenoxy) is 1. The van der Waals surface area contributed by atoms with Gasteiger partial charge in [-0.1, -0.05) is 30.3 Å². The molecule has 1 fully saturated rings. The highest BCUT2D eigenvalue weighted by Gasteiger charge is 2.46. The Kier molecular flexibility index (Phi) is 1.59. The number of carboxylic acid groups (broad SMARTS) is 1. The van der Waals surface area contributed by atoms with Crippen molar-refractivity contribution in [1.82, 2.24) is 0 Å². The second-order valence-electron chi connectivity index (χ2n) is 2.73. The lowest BCUT2D eigenvalue weighted by atomic mass is 10.1. The van der Waals surface area contributed by atoms with Gasteiger partial charge >= 0.3 is 5.97 Å². The number of aliphatic carboxylic acids is 1. The van der Waals surface area contributed by atoms with Crippen molar-refractivity contribution in [3.8, 4) is 0 Å². The van der Waals surface area contributed by atoms with E-state index in [0.29, 0.717) is 0 Å². The number of epoxide rings is 1. The summed E-state index contributed by atoms with van der Waals surface area (Å²) in [5.41, 5.74) is 0.935. The molecule has 2 rings (SSSR count). The SMILES string of the molecule is O=C(O)[C@H]1O[C@H]1c1ccccc1. The van der Waals surface area contributed by atoms with E-state index in [-0.39, 0.29) is 6.10 Å². The van der Waals surface area contributed by atoms with E-state index in [1.54, 1.807) is 0 Å². The lowest BCUT2D eigenvalue weighted by Crippen LogP contribution is -2.04. The minimum absolute atomic E-state index is 0.233. The Labute approximate surface area is 69.6 Å². The molecular weight excluding hydrogens is 156 g/mol. The van der Waals surface area contributed by atoms with Crippen LogP contribution in [-0.4, -0.2) is 17.2 Å². The van der Waals surface area contributed by atoms with Gasteiger partial charge in [0.15, 0.2) is 6.10 Å². The van der Waals surface area contributed by atoms with Crippen LogP contribution in [0.25, 0.3) is 0 Å². The largest absolute Gasteiger partial charge is 0.479 e. The van der Waals surface area contributed by atoms with Crippen LogP contribution in [0.15, 0.2) is 30.3 Å². The third-order valence-corrected chi connectivity index (χ3v) is 1.86. The molecule has 1 heterocycles. The maximum Gasteiger partial charge on any atom is 0.335 e. The van der Waals surface area contributed by atoms with Crippen LogP contribution in [0.1, 0.15) is 11.7 Å². The van der Waals surface area contributed by atoms with Crippen LogP contribution in [0.5, 0.6) is 0 Å².